The van der Waals surface area contributed by atoms with Crippen LogP contribution in [0.1, 0.15) is 36.0 Å². The first kappa shape index (κ1) is 16.2. The van der Waals surface area contributed by atoms with Crippen molar-refractivity contribution in [3.63, 3.8) is 0 Å². The van der Waals surface area contributed by atoms with E-state index in [4.69, 9.17) is 4.74 Å². The third-order valence-electron chi connectivity index (χ3n) is 4.90. The van der Waals surface area contributed by atoms with Crippen LogP contribution < -0.4 is 10.2 Å². The summed E-state index contributed by atoms with van der Waals surface area (Å²) >= 11 is 0. The van der Waals surface area contributed by atoms with E-state index >= 15 is 0 Å². The van der Waals surface area contributed by atoms with Crippen LogP contribution in [0.5, 0.6) is 0 Å². The lowest BCUT2D eigenvalue weighted by Crippen LogP contribution is -2.33. The molecular formula is C21H24N2O2. The third kappa shape index (κ3) is 3.85. The van der Waals surface area contributed by atoms with Crippen LogP contribution in [0.2, 0.25) is 0 Å². The van der Waals surface area contributed by atoms with Gasteiger partial charge in [-0.3, -0.25) is 4.90 Å². The summed E-state index contributed by atoms with van der Waals surface area (Å²) in [7, 11) is 0. The van der Waals surface area contributed by atoms with Crippen LogP contribution in [0.15, 0.2) is 48.5 Å². The number of nitrogens with one attached hydrogen (secondary N) is 1. The summed E-state index contributed by atoms with van der Waals surface area (Å²) < 4.78 is 5.59. The number of nitrogens with zero attached hydrogens (tertiary/aromatic N) is 1. The Morgan fingerprint density at radius 3 is 2.76 bits per heavy atom. The van der Waals surface area contributed by atoms with Crippen LogP contribution in [0.4, 0.5) is 10.5 Å². The largest absolute Gasteiger partial charge is 0.444 e. The molecule has 4 nitrogen and oxygen atoms in total. The zero-order valence-corrected chi connectivity index (χ0v) is 14.4. The molecule has 0 aromatic heterocycles. The fourth-order valence-electron chi connectivity index (χ4n) is 3.38. The van der Waals surface area contributed by atoms with E-state index in [1.807, 2.05) is 35.2 Å². The van der Waals surface area contributed by atoms with Crippen LogP contribution in [0.25, 0.3) is 0 Å². The first-order chi connectivity index (χ1) is 12.3. The van der Waals surface area contributed by atoms with Gasteiger partial charge in [0.2, 0.25) is 0 Å². The summed E-state index contributed by atoms with van der Waals surface area (Å²) in [4.78, 5) is 14.6. The van der Waals surface area contributed by atoms with Crippen LogP contribution in [0.3, 0.4) is 0 Å². The Bertz CT molecular complexity index is 741. The van der Waals surface area contributed by atoms with Crippen molar-refractivity contribution in [2.24, 2.45) is 0 Å². The number of hydrogen-bond donors (Lipinski definition) is 1. The second kappa shape index (κ2) is 7.28. The van der Waals surface area contributed by atoms with Crippen molar-refractivity contribution >= 4 is 11.8 Å². The number of benzene rings is 2. The number of amides is 1. The Kier molecular flexibility index (Phi) is 4.70. The van der Waals surface area contributed by atoms with Crippen molar-refractivity contribution in [2.75, 3.05) is 11.4 Å². The topological polar surface area (TPSA) is 41.6 Å². The normalized spacial score (nSPS) is 16.6. The smallest absolute Gasteiger partial charge is 0.414 e. The lowest BCUT2D eigenvalue weighted by atomic mass is 10.0. The average Bonchev–Trinajstić information content (AvgIpc) is 3.48. The number of aryl methyl sites for hydroxylation is 1. The molecule has 25 heavy (non-hydrogen) atoms. The molecule has 4 rings (SSSR count). The maximum absolute atomic E-state index is 12.7. The first-order valence-corrected chi connectivity index (χ1v) is 9.14. The van der Waals surface area contributed by atoms with Crippen molar-refractivity contribution in [3.05, 3.63) is 65.2 Å². The molecule has 1 saturated carbocycles. The number of hydrogen-bond acceptors (Lipinski definition) is 3. The molecule has 0 saturated heterocycles. The van der Waals surface area contributed by atoms with Gasteiger partial charge in [-0.15, -0.1) is 0 Å². The molecule has 1 heterocycles. The lowest BCUT2D eigenvalue weighted by Gasteiger charge is -2.23. The third-order valence-corrected chi connectivity index (χ3v) is 4.90. The van der Waals surface area contributed by atoms with E-state index in [0.29, 0.717) is 6.61 Å². The Balaban J connectivity index is 1.51. The molecule has 0 unspecified atom stereocenters. The highest BCUT2D eigenvalue weighted by atomic mass is 16.6. The number of anilines is 1. The maximum Gasteiger partial charge on any atom is 0.414 e. The zero-order valence-electron chi connectivity index (χ0n) is 14.4. The van der Waals surface area contributed by atoms with Crippen molar-refractivity contribution in [1.82, 2.24) is 5.32 Å². The molecule has 1 amide bonds. The second-order valence-corrected chi connectivity index (χ2v) is 6.87. The average molecular weight is 336 g/mol. The van der Waals surface area contributed by atoms with Gasteiger partial charge in [-0.1, -0.05) is 36.4 Å². The van der Waals surface area contributed by atoms with E-state index < -0.39 is 0 Å². The Hall–Kier alpha value is -2.33. The van der Waals surface area contributed by atoms with E-state index in [2.05, 4.69) is 23.5 Å². The fraction of sp³-hybridized carbons (Fsp3) is 0.381. The van der Waals surface area contributed by atoms with Gasteiger partial charge in [-0.2, -0.15) is 0 Å². The molecule has 1 aliphatic heterocycles. The number of fused-ring (bicyclic) bond motifs is 1. The van der Waals surface area contributed by atoms with Crippen molar-refractivity contribution in [3.8, 4) is 0 Å². The van der Waals surface area contributed by atoms with Crippen LogP contribution >= 0.6 is 0 Å². The summed E-state index contributed by atoms with van der Waals surface area (Å²) in [5.41, 5.74) is 4.67. The predicted octanol–water partition coefficient (Wildman–Crippen LogP) is 4.03. The van der Waals surface area contributed by atoms with Gasteiger partial charge in [0.15, 0.2) is 0 Å². The molecule has 2 aromatic rings. The highest BCUT2D eigenvalue weighted by Gasteiger charge is 2.35. The van der Waals surface area contributed by atoms with E-state index in [0.717, 1.165) is 50.0 Å². The molecule has 0 spiro atoms. The minimum absolute atomic E-state index is 0.243. The summed E-state index contributed by atoms with van der Waals surface area (Å²) in [6, 6.07) is 16.5. The molecular weight excluding hydrogens is 312 g/mol. The molecule has 0 atom stereocenters. The molecule has 0 bridgehead atoms. The minimum Gasteiger partial charge on any atom is -0.444 e. The molecule has 130 valence electrons. The highest BCUT2D eigenvalue weighted by Crippen LogP contribution is 2.34. The summed E-state index contributed by atoms with van der Waals surface area (Å²) in [5.74, 6) is 0. The number of rotatable bonds is 4. The Morgan fingerprint density at radius 1 is 1.12 bits per heavy atom. The minimum atomic E-state index is -0.243. The van der Waals surface area contributed by atoms with Gasteiger partial charge < -0.3 is 10.1 Å². The maximum atomic E-state index is 12.7. The van der Waals surface area contributed by atoms with Crippen LogP contribution in [-0.2, 0) is 24.3 Å². The molecule has 4 heteroatoms. The van der Waals surface area contributed by atoms with E-state index in [1.165, 1.54) is 11.1 Å². The molecule has 1 N–H and O–H groups in total. The van der Waals surface area contributed by atoms with Crippen LogP contribution in [0, 0.1) is 0 Å². The molecule has 0 radical (unpaired) electrons. The molecule has 1 aliphatic carbocycles. The van der Waals surface area contributed by atoms with Gasteiger partial charge in [0.25, 0.3) is 0 Å². The predicted molar refractivity (Wildman–Crippen MR) is 98.6 cm³/mol. The van der Waals surface area contributed by atoms with Crippen molar-refractivity contribution in [2.45, 2.75) is 44.9 Å². The standard InChI is InChI=1S/C21H24N2O2/c24-21(25-15-16-5-2-1-3-6-16)23(19-10-11-19)20-9-8-17-7-4-12-22-14-18(17)13-20/h1-3,5-6,8-9,13,19,22H,4,7,10-12,14-15H2. The molecule has 2 aromatic carbocycles. The summed E-state index contributed by atoms with van der Waals surface area (Å²) in [6.45, 7) is 2.24. The number of ether oxygens (including phenoxy) is 1. The zero-order chi connectivity index (χ0) is 17.1. The fourth-order valence-corrected chi connectivity index (χ4v) is 3.38. The van der Waals surface area contributed by atoms with Gasteiger partial charge >= 0.3 is 6.09 Å². The SMILES string of the molecule is O=C(OCc1ccccc1)N(c1ccc2c(c1)CNCCC2)C1CC1. The van der Waals surface area contributed by atoms with Crippen LogP contribution in [-0.4, -0.2) is 18.7 Å². The van der Waals surface area contributed by atoms with Gasteiger partial charge in [0.05, 0.1) is 0 Å². The first-order valence-electron chi connectivity index (χ1n) is 9.14. The summed E-state index contributed by atoms with van der Waals surface area (Å²) in [6.07, 6.45) is 4.13. The van der Waals surface area contributed by atoms with Gasteiger partial charge in [-0.25, -0.2) is 4.79 Å². The molecule has 2 aliphatic rings. The van der Waals surface area contributed by atoms with E-state index in [1.54, 1.807) is 0 Å². The van der Waals surface area contributed by atoms with Gasteiger partial charge in [-0.05, 0) is 61.1 Å². The van der Waals surface area contributed by atoms with Crippen molar-refractivity contribution in [1.29, 1.82) is 0 Å². The van der Waals surface area contributed by atoms with Gasteiger partial charge in [0.1, 0.15) is 6.61 Å². The molecule has 1 fully saturated rings. The Labute approximate surface area is 148 Å². The number of carbonyl (C=O) groups is 1. The quantitative estimate of drug-likeness (QED) is 0.916. The Morgan fingerprint density at radius 2 is 1.96 bits per heavy atom. The van der Waals surface area contributed by atoms with Gasteiger partial charge in [0, 0.05) is 18.3 Å². The van der Waals surface area contributed by atoms with E-state index in [-0.39, 0.29) is 12.1 Å². The second-order valence-electron chi connectivity index (χ2n) is 6.87. The summed E-state index contributed by atoms with van der Waals surface area (Å²) in [5, 5.41) is 3.46. The monoisotopic (exact) mass is 336 g/mol. The highest BCUT2D eigenvalue weighted by molar-refractivity contribution is 5.89. The van der Waals surface area contributed by atoms with E-state index in [9.17, 15) is 4.79 Å². The van der Waals surface area contributed by atoms with Crippen molar-refractivity contribution < 1.29 is 9.53 Å². The number of carbonyl (C=O) groups excluding carboxylic acids is 1. The lowest BCUT2D eigenvalue weighted by molar-refractivity contribution is 0.146.